The third kappa shape index (κ3) is 1.27. The Morgan fingerprint density at radius 3 is 2.93 bits per heavy atom. The van der Waals surface area contributed by atoms with Gasteiger partial charge in [-0.05, 0) is 27.4 Å². The number of aromatic carboxylic acids is 1. The van der Waals surface area contributed by atoms with E-state index in [0.29, 0.717) is 9.30 Å². The first-order valence-electron chi connectivity index (χ1n) is 3.60. The molecule has 2 N–H and O–H groups in total. The van der Waals surface area contributed by atoms with Gasteiger partial charge in [0.2, 0.25) is 0 Å². The van der Waals surface area contributed by atoms with Crippen LogP contribution in [0.25, 0.3) is 10.1 Å². The number of fused-ring (bicyclic) bond motifs is 1. The maximum atomic E-state index is 10.7. The molecule has 2 heterocycles. The van der Waals surface area contributed by atoms with Gasteiger partial charge in [0.1, 0.15) is 4.60 Å². The molecular weight excluding hydrogens is 270 g/mol. The molecule has 2 aromatic heterocycles. The summed E-state index contributed by atoms with van der Waals surface area (Å²) in [5, 5.41) is 20.8. The highest BCUT2D eigenvalue weighted by atomic mass is 79.9. The number of hydrogen-bond acceptors (Lipinski definition) is 4. The van der Waals surface area contributed by atoms with E-state index in [9.17, 15) is 9.90 Å². The van der Waals surface area contributed by atoms with Crippen molar-refractivity contribution in [3.05, 3.63) is 21.7 Å². The lowest BCUT2D eigenvalue weighted by Crippen LogP contribution is -2.00. The lowest BCUT2D eigenvalue weighted by Gasteiger charge is -2.01. The molecule has 0 fully saturated rings. The molecule has 0 saturated carbocycles. The Balaban J connectivity index is 2.88. The Morgan fingerprint density at radius 2 is 2.29 bits per heavy atom. The smallest absolute Gasteiger partial charge is 0.358 e. The number of carboxylic acid groups (broad SMARTS) is 1. The van der Waals surface area contributed by atoms with Crippen molar-refractivity contribution in [1.29, 1.82) is 0 Å². The molecule has 0 aliphatic carbocycles. The molecule has 14 heavy (non-hydrogen) atoms. The van der Waals surface area contributed by atoms with E-state index in [-0.39, 0.29) is 11.4 Å². The molecule has 0 spiro atoms. The van der Waals surface area contributed by atoms with E-state index in [4.69, 9.17) is 5.11 Å². The van der Waals surface area contributed by atoms with Crippen LogP contribution in [0.15, 0.2) is 16.0 Å². The van der Waals surface area contributed by atoms with Gasteiger partial charge in [0.25, 0.3) is 0 Å². The summed E-state index contributed by atoms with van der Waals surface area (Å²) in [7, 11) is 0. The zero-order chi connectivity index (χ0) is 10.3. The van der Waals surface area contributed by atoms with Crippen LogP contribution in [0.2, 0.25) is 0 Å². The predicted molar refractivity (Wildman–Crippen MR) is 55.9 cm³/mol. The second-order valence-corrected chi connectivity index (χ2v) is 4.24. The quantitative estimate of drug-likeness (QED) is 0.783. The molecule has 0 radical (unpaired) electrons. The van der Waals surface area contributed by atoms with Gasteiger partial charge in [0.15, 0.2) is 11.4 Å². The summed E-state index contributed by atoms with van der Waals surface area (Å²) in [6.45, 7) is 0. The number of carboxylic acids is 1. The molecule has 2 aromatic rings. The molecule has 0 saturated heterocycles. The Labute approximate surface area is 91.0 Å². The van der Waals surface area contributed by atoms with Gasteiger partial charge in [-0.2, -0.15) is 0 Å². The minimum absolute atomic E-state index is 0.272. The largest absolute Gasteiger partial charge is 0.504 e. The molecule has 0 unspecified atom stereocenters. The summed E-state index contributed by atoms with van der Waals surface area (Å²) in [4.78, 5) is 14.4. The zero-order valence-corrected chi connectivity index (χ0v) is 9.09. The summed E-state index contributed by atoms with van der Waals surface area (Å²) in [5.41, 5.74) is -0.327. The van der Waals surface area contributed by atoms with Crippen LogP contribution in [0.4, 0.5) is 0 Å². The number of pyridine rings is 1. The summed E-state index contributed by atoms with van der Waals surface area (Å²) in [6, 6.07) is 1.77. The molecule has 72 valence electrons. The highest BCUT2D eigenvalue weighted by molar-refractivity contribution is 9.10. The standard InChI is InChI=1S/C8H4BrNO3S/c9-7-3-1-2-14-6(3)5(11)4(10-7)8(12)13/h1-2,11H,(H,12,13). The van der Waals surface area contributed by atoms with Gasteiger partial charge in [-0.25, -0.2) is 9.78 Å². The molecule has 6 heteroatoms. The molecular formula is C8H4BrNO3S. The molecule has 0 amide bonds. The van der Waals surface area contributed by atoms with Gasteiger partial charge in [0, 0.05) is 5.39 Å². The summed E-state index contributed by atoms with van der Waals surface area (Å²) >= 11 is 4.43. The molecule has 0 aliphatic heterocycles. The van der Waals surface area contributed by atoms with Crippen molar-refractivity contribution in [1.82, 2.24) is 4.98 Å². The van der Waals surface area contributed by atoms with E-state index < -0.39 is 5.97 Å². The fourth-order valence-corrected chi connectivity index (χ4v) is 2.60. The van der Waals surface area contributed by atoms with E-state index in [1.807, 2.05) is 0 Å². The number of aromatic hydroxyl groups is 1. The van der Waals surface area contributed by atoms with Crippen LogP contribution in [0.5, 0.6) is 5.75 Å². The number of halogens is 1. The van der Waals surface area contributed by atoms with Crippen molar-refractivity contribution < 1.29 is 15.0 Å². The minimum Gasteiger partial charge on any atom is -0.504 e. The van der Waals surface area contributed by atoms with Crippen LogP contribution in [-0.2, 0) is 0 Å². The van der Waals surface area contributed by atoms with Crippen molar-refractivity contribution in [3.63, 3.8) is 0 Å². The van der Waals surface area contributed by atoms with Crippen molar-refractivity contribution in [2.24, 2.45) is 0 Å². The van der Waals surface area contributed by atoms with Crippen LogP contribution < -0.4 is 0 Å². The zero-order valence-electron chi connectivity index (χ0n) is 6.69. The van der Waals surface area contributed by atoms with E-state index in [2.05, 4.69) is 20.9 Å². The summed E-state index contributed by atoms with van der Waals surface area (Å²) in [6.07, 6.45) is 0. The number of carbonyl (C=O) groups is 1. The van der Waals surface area contributed by atoms with Crippen LogP contribution >= 0.6 is 27.3 Å². The normalized spacial score (nSPS) is 10.6. The molecule has 0 atom stereocenters. The van der Waals surface area contributed by atoms with E-state index in [1.54, 1.807) is 11.4 Å². The van der Waals surface area contributed by atoms with E-state index in [1.165, 1.54) is 11.3 Å². The lowest BCUT2D eigenvalue weighted by molar-refractivity contribution is 0.0687. The predicted octanol–water partition coefficient (Wildman–Crippen LogP) is 2.46. The van der Waals surface area contributed by atoms with Crippen molar-refractivity contribution >= 4 is 43.3 Å². The SMILES string of the molecule is O=C(O)c1nc(Br)c2ccsc2c1O. The third-order valence-corrected chi connectivity index (χ3v) is 3.27. The number of hydrogen-bond donors (Lipinski definition) is 2. The number of thiophene rings is 1. The average Bonchev–Trinajstić information content (AvgIpc) is 2.59. The molecule has 4 nitrogen and oxygen atoms in total. The van der Waals surface area contributed by atoms with Crippen LogP contribution in [0.1, 0.15) is 10.5 Å². The molecule has 0 bridgehead atoms. The Bertz CT molecular complexity index is 523. The van der Waals surface area contributed by atoms with Gasteiger partial charge in [-0.15, -0.1) is 11.3 Å². The van der Waals surface area contributed by atoms with E-state index >= 15 is 0 Å². The Morgan fingerprint density at radius 1 is 1.57 bits per heavy atom. The van der Waals surface area contributed by atoms with Gasteiger partial charge < -0.3 is 10.2 Å². The van der Waals surface area contributed by atoms with E-state index in [0.717, 1.165) is 5.39 Å². The third-order valence-electron chi connectivity index (χ3n) is 1.74. The average molecular weight is 274 g/mol. The van der Waals surface area contributed by atoms with Crippen molar-refractivity contribution in [2.45, 2.75) is 0 Å². The first-order valence-corrected chi connectivity index (χ1v) is 5.27. The second kappa shape index (κ2) is 3.21. The van der Waals surface area contributed by atoms with Gasteiger partial charge >= 0.3 is 5.97 Å². The van der Waals surface area contributed by atoms with Crippen LogP contribution in [0.3, 0.4) is 0 Å². The maximum absolute atomic E-state index is 10.7. The topological polar surface area (TPSA) is 70.4 Å². The summed E-state index contributed by atoms with van der Waals surface area (Å²) < 4.78 is 0.966. The fourth-order valence-electron chi connectivity index (χ4n) is 1.12. The van der Waals surface area contributed by atoms with Crippen LogP contribution in [-0.4, -0.2) is 21.2 Å². The minimum atomic E-state index is -1.24. The molecule has 2 rings (SSSR count). The van der Waals surface area contributed by atoms with Crippen LogP contribution in [0, 0.1) is 0 Å². The first kappa shape index (κ1) is 9.42. The first-order chi connectivity index (χ1) is 6.61. The fraction of sp³-hybridized carbons (Fsp3) is 0. The second-order valence-electron chi connectivity index (χ2n) is 2.57. The Kier molecular flexibility index (Phi) is 2.16. The Hall–Kier alpha value is -1.14. The van der Waals surface area contributed by atoms with Gasteiger partial charge in [-0.1, -0.05) is 0 Å². The van der Waals surface area contributed by atoms with Gasteiger partial charge in [0.05, 0.1) is 4.70 Å². The monoisotopic (exact) mass is 273 g/mol. The maximum Gasteiger partial charge on any atom is 0.358 e. The highest BCUT2D eigenvalue weighted by Crippen LogP contribution is 2.35. The highest BCUT2D eigenvalue weighted by Gasteiger charge is 2.17. The number of nitrogens with zero attached hydrogens (tertiary/aromatic N) is 1. The van der Waals surface area contributed by atoms with Crippen molar-refractivity contribution in [3.8, 4) is 5.75 Å². The molecule has 0 aromatic carbocycles. The van der Waals surface area contributed by atoms with Crippen molar-refractivity contribution in [2.75, 3.05) is 0 Å². The summed E-state index contributed by atoms with van der Waals surface area (Å²) in [5.74, 6) is -1.51. The lowest BCUT2D eigenvalue weighted by atomic mass is 10.2. The number of rotatable bonds is 1. The van der Waals surface area contributed by atoms with Gasteiger partial charge in [-0.3, -0.25) is 0 Å². The number of aromatic nitrogens is 1. The molecule has 0 aliphatic rings.